The molecule has 0 spiro atoms. The van der Waals surface area contributed by atoms with Gasteiger partial charge in [-0.2, -0.15) is 9.97 Å². The van der Waals surface area contributed by atoms with Crippen LogP contribution in [0, 0.1) is 0 Å². The van der Waals surface area contributed by atoms with E-state index in [1.165, 1.54) is 28.7 Å². The number of ether oxygens (including phenoxy) is 1. The summed E-state index contributed by atoms with van der Waals surface area (Å²) in [4.78, 5) is 14.1. The summed E-state index contributed by atoms with van der Waals surface area (Å²) in [6.07, 6.45) is 5.91. The second-order valence-electron chi connectivity index (χ2n) is 9.78. The fraction of sp³-hybridized carbons (Fsp3) is 0.258. The van der Waals surface area contributed by atoms with Crippen LogP contribution < -0.4 is 10.1 Å². The maximum atomic E-state index is 9.80. The van der Waals surface area contributed by atoms with Crippen LogP contribution in [0.5, 0.6) is 11.8 Å². The number of hydrogen-bond acceptors (Lipinski definition) is 6. The number of imidazole rings is 1. The molecule has 38 heavy (non-hydrogen) atoms. The Hall–Kier alpha value is -4.23. The molecule has 5 aromatic rings. The van der Waals surface area contributed by atoms with Crippen LogP contribution in [0.4, 0.5) is 5.82 Å². The van der Waals surface area contributed by atoms with Crippen LogP contribution in [0.1, 0.15) is 36.5 Å². The first-order valence-corrected chi connectivity index (χ1v) is 13.2. The van der Waals surface area contributed by atoms with Gasteiger partial charge in [0.2, 0.25) is 0 Å². The molecular weight excluding hydrogens is 474 g/mol. The standard InChI is InChI=1S/C31H31N5O2/c1-2-26(19-37)33-29-28-30(35-31(34-29)38-27-16-15-23-9-6-10-25(23)17-27)36(20-32-28)18-21-11-13-24(14-12-21)22-7-4-3-5-8-22/h3-5,7-8,11-17,20,26,37H,2,6,9-10,18-19H2,1H3,(H,33,34,35)/t26-/m0/s1. The summed E-state index contributed by atoms with van der Waals surface area (Å²) in [5.41, 5.74) is 7.56. The molecule has 0 aliphatic heterocycles. The van der Waals surface area contributed by atoms with Crippen molar-refractivity contribution >= 4 is 17.0 Å². The molecule has 0 saturated heterocycles. The highest BCUT2D eigenvalue weighted by molar-refractivity contribution is 5.83. The molecule has 0 unspecified atom stereocenters. The number of fused-ring (bicyclic) bond motifs is 2. The molecule has 2 N–H and O–H groups in total. The van der Waals surface area contributed by atoms with Crippen molar-refractivity contribution in [2.24, 2.45) is 0 Å². The quantitative estimate of drug-likeness (QED) is 0.255. The van der Waals surface area contributed by atoms with Crippen LogP contribution in [0.2, 0.25) is 0 Å². The van der Waals surface area contributed by atoms with Crippen molar-refractivity contribution in [3.63, 3.8) is 0 Å². The van der Waals surface area contributed by atoms with Gasteiger partial charge in [-0.15, -0.1) is 0 Å². The van der Waals surface area contributed by atoms with E-state index >= 15 is 0 Å². The lowest BCUT2D eigenvalue weighted by atomic mass is 10.0. The van der Waals surface area contributed by atoms with Gasteiger partial charge < -0.3 is 19.7 Å². The zero-order chi connectivity index (χ0) is 25.9. The van der Waals surface area contributed by atoms with Crippen LogP contribution in [-0.2, 0) is 19.4 Å². The largest absolute Gasteiger partial charge is 0.424 e. The maximum absolute atomic E-state index is 9.80. The number of benzene rings is 3. The van der Waals surface area contributed by atoms with E-state index in [-0.39, 0.29) is 18.7 Å². The molecule has 1 aliphatic rings. The van der Waals surface area contributed by atoms with Gasteiger partial charge in [0.05, 0.1) is 25.5 Å². The van der Waals surface area contributed by atoms with Crippen molar-refractivity contribution < 1.29 is 9.84 Å². The smallest absolute Gasteiger partial charge is 0.326 e. The van der Waals surface area contributed by atoms with Crippen molar-refractivity contribution in [1.29, 1.82) is 0 Å². The number of anilines is 1. The zero-order valence-corrected chi connectivity index (χ0v) is 21.5. The fourth-order valence-electron chi connectivity index (χ4n) is 5.00. The van der Waals surface area contributed by atoms with E-state index < -0.39 is 0 Å². The van der Waals surface area contributed by atoms with E-state index in [1.807, 2.05) is 23.6 Å². The molecule has 0 saturated carbocycles. The first-order valence-electron chi connectivity index (χ1n) is 13.2. The Bertz CT molecular complexity index is 1540. The lowest BCUT2D eigenvalue weighted by Gasteiger charge is -2.16. The summed E-state index contributed by atoms with van der Waals surface area (Å²) in [6.45, 7) is 2.63. The lowest BCUT2D eigenvalue weighted by Crippen LogP contribution is -2.23. The van der Waals surface area contributed by atoms with Crippen molar-refractivity contribution in [2.75, 3.05) is 11.9 Å². The van der Waals surface area contributed by atoms with Gasteiger partial charge >= 0.3 is 6.01 Å². The number of aryl methyl sites for hydroxylation is 2. The number of aliphatic hydroxyl groups excluding tert-OH is 1. The van der Waals surface area contributed by atoms with Crippen LogP contribution in [-0.4, -0.2) is 37.3 Å². The molecule has 0 amide bonds. The molecular formula is C31H31N5O2. The summed E-state index contributed by atoms with van der Waals surface area (Å²) in [7, 11) is 0. The van der Waals surface area contributed by atoms with E-state index in [0.29, 0.717) is 23.5 Å². The Morgan fingerprint density at radius 1 is 0.947 bits per heavy atom. The van der Waals surface area contributed by atoms with Gasteiger partial charge in [-0.3, -0.25) is 0 Å². The monoisotopic (exact) mass is 505 g/mol. The predicted octanol–water partition coefficient (Wildman–Crippen LogP) is 6.01. The van der Waals surface area contributed by atoms with Crippen molar-refractivity contribution in [2.45, 2.75) is 45.2 Å². The van der Waals surface area contributed by atoms with Gasteiger partial charge in [-0.05, 0) is 65.6 Å². The SMILES string of the molecule is CC[C@@H](CO)Nc1nc(Oc2ccc3c(c2)CCC3)nc2c1ncn2Cc1ccc(-c2ccccc2)cc1. The highest BCUT2D eigenvalue weighted by Gasteiger charge is 2.18. The van der Waals surface area contributed by atoms with E-state index in [9.17, 15) is 5.11 Å². The molecule has 2 aromatic heterocycles. The third-order valence-electron chi connectivity index (χ3n) is 7.19. The average Bonchev–Trinajstić information content (AvgIpc) is 3.59. The molecule has 0 fully saturated rings. The van der Waals surface area contributed by atoms with Gasteiger partial charge in [-0.1, -0.05) is 67.6 Å². The van der Waals surface area contributed by atoms with Gasteiger partial charge in [0.1, 0.15) is 5.75 Å². The number of aromatic nitrogens is 4. The van der Waals surface area contributed by atoms with Crippen LogP contribution in [0.3, 0.4) is 0 Å². The van der Waals surface area contributed by atoms with E-state index in [1.54, 1.807) is 6.33 Å². The Labute approximate surface area is 222 Å². The third-order valence-corrected chi connectivity index (χ3v) is 7.19. The number of aliphatic hydroxyl groups is 1. The topological polar surface area (TPSA) is 85.1 Å². The van der Waals surface area contributed by atoms with Crippen LogP contribution in [0.15, 0.2) is 79.1 Å². The molecule has 7 nitrogen and oxygen atoms in total. The molecule has 2 heterocycles. The highest BCUT2D eigenvalue weighted by atomic mass is 16.5. The molecule has 0 bridgehead atoms. The van der Waals surface area contributed by atoms with Gasteiger partial charge in [0, 0.05) is 0 Å². The minimum Gasteiger partial charge on any atom is -0.424 e. The maximum Gasteiger partial charge on any atom is 0.326 e. The number of nitrogens with zero attached hydrogens (tertiary/aromatic N) is 4. The molecule has 7 heteroatoms. The molecule has 1 aliphatic carbocycles. The van der Waals surface area contributed by atoms with Gasteiger partial charge in [0.25, 0.3) is 0 Å². The molecule has 0 radical (unpaired) electrons. The summed E-state index contributed by atoms with van der Waals surface area (Å²) < 4.78 is 8.18. The highest BCUT2D eigenvalue weighted by Crippen LogP contribution is 2.30. The molecule has 1 atom stereocenters. The van der Waals surface area contributed by atoms with Crippen molar-refractivity contribution in [3.05, 3.63) is 95.8 Å². The van der Waals surface area contributed by atoms with Gasteiger partial charge in [0.15, 0.2) is 17.0 Å². The minimum absolute atomic E-state index is 0.00250. The molecule has 3 aromatic carbocycles. The predicted molar refractivity (Wildman–Crippen MR) is 150 cm³/mol. The summed E-state index contributed by atoms with van der Waals surface area (Å²) in [6, 6.07) is 25.2. The summed E-state index contributed by atoms with van der Waals surface area (Å²) >= 11 is 0. The Morgan fingerprint density at radius 3 is 2.53 bits per heavy atom. The first kappa shape index (κ1) is 24.1. The Balaban J connectivity index is 1.32. The van der Waals surface area contributed by atoms with Gasteiger partial charge in [-0.25, -0.2) is 4.98 Å². The fourth-order valence-corrected chi connectivity index (χ4v) is 5.00. The second kappa shape index (κ2) is 10.6. The number of hydrogen-bond donors (Lipinski definition) is 2. The van der Waals surface area contributed by atoms with E-state index in [4.69, 9.17) is 9.72 Å². The molecule has 192 valence electrons. The number of rotatable bonds is 9. The van der Waals surface area contributed by atoms with E-state index in [0.717, 1.165) is 30.6 Å². The Kier molecular flexibility index (Phi) is 6.75. The zero-order valence-electron chi connectivity index (χ0n) is 21.5. The molecule has 6 rings (SSSR count). The van der Waals surface area contributed by atoms with E-state index in [2.05, 4.69) is 75.9 Å². The van der Waals surface area contributed by atoms with Crippen molar-refractivity contribution in [1.82, 2.24) is 19.5 Å². The second-order valence-corrected chi connectivity index (χ2v) is 9.78. The third kappa shape index (κ3) is 4.97. The summed E-state index contributed by atoms with van der Waals surface area (Å²) in [5.74, 6) is 1.29. The first-order chi connectivity index (χ1) is 18.7. The number of nitrogens with one attached hydrogen (secondary N) is 1. The van der Waals surface area contributed by atoms with Crippen LogP contribution in [0.25, 0.3) is 22.3 Å². The lowest BCUT2D eigenvalue weighted by molar-refractivity contribution is 0.271. The van der Waals surface area contributed by atoms with Crippen LogP contribution >= 0.6 is 0 Å². The minimum atomic E-state index is -0.142. The Morgan fingerprint density at radius 2 is 1.74 bits per heavy atom. The normalized spacial score (nSPS) is 13.4. The summed E-state index contributed by atoms with van der Waals surface area (Å²) in [5, 5.41) is 13.1. The average molecular weight is 506 g/mol. The van der Waals surface area contributed by atoms with Crippen molar-refractivity contribution in [3.8, 4) is 22.9 Å².